The van der Waals surface area contributed by atoms with Crippen molar-refractivity contribution in [3.63, 3.8) is 0 Å². The highest BCUT2D eigenvalue weighted by atomic mass is 32.2. The number of phenolic OH excluding ortho intramolecular Hbond substituents is 1. The first kappa shape index (κ1) is 40.1. The van der Waals surface area contributed by atoms with Gasteiger partial charge in [0, 0.05) is 0 Å². The molecule has 0 heterocycles. The first-order valence-corrected chi connectivity index (χ1v) is 16.2. The molecule has 4 rings (SSSR count). The molecule has 4 aromatic rings. The van der Waals surface area contributed by atoms with Crippen molar-refractivity contribution >= 4 is 61.4 Å². The van der Waals surface area contributed by atoms with Gasteiger partial charge in [0.25, 0.3) is 10.1 Å². The number of aromatic hydroxyl groups is 1. The molecule has 0 unspecified atom stereocenters. The van der Waals surface area contributed by atoms with Gasteiger partial charge in [0.05, 0.1) is 39.4 Å². The van der Waals surface area contributed by atoms with Crippen LogP contribution in [0.25, 0.3) is 10.8 Å². The predicted molar refractivity (Wildman–Crippen MR) is 177 cm³/mol. The maximum Gasteiger partial charge on any atom is 0.296 e. The first-order valence-electron chi connectivity index (χ1n) is 14.0. The number of phenols is 1. The Morgan fingerprint density at radius 2 is 1.18 bits per heavy atom. The second-order valence-electron chi connectivity index (χ2n) is 7.08. The molecular weight excluding hydrogens is 606 g/mol. The molecule has 0 aliphatic rings. The van der Waals surface area contributed by atoms with E-state index < -0.39 is 20.8 Å². The summed E-state index contributed by atoms with van der Waals surface area (Å²) in [5.74, 6) is -0.494. The van der Waals surface area contributed by atoms with Gasteiger partial charge in [-0.05, 0) is 41.8 Å². The highest BCUT2D eigenvalue weighted by molar-refractivity contribution is 7.94. The second kappa shape index (κ2) is 21.7. The van der Waals surface area contributed by atoms with Crippen LogP contribution in [0.2, 0.25) is 0 Å². The van der Waals surface area contributed by atoms with Gasteiger partial charge in [-0.25, -0.2) is 5.26 Å². The van der Waals surface area contributed by atoms with Crippen LogP contribution in [0, 0.1) is 0 Å². The van der Waals surface area contributed by atoms with Crippen LogP contribution in [-0.4, -0.2) is 23.3 Å². The number of nitrogens with two attached hydrogens (primary N) is 1. The van der Waals surface area contributed by atoms with E-state index in [-0.39, 0.29) is 32.7 Å². The van der Waals surface area contributed by atoms with Gasteiger partial charge in [-0.2, -0.15) is 18.6 Å². The Morgan fingerprint density at radius 3 is 1.61 bits per heavy atom. The van der Waals surface area contributed by atoms with Crippen LogP contribution in [0.5, 0.6) is 5.75 Å². The zero-order chi connectivity index (χ0) is 33.7. The van der Waals surface area contributed by atoms with Gasteiger partial charge < -0.3 is 10.8 Å². The Hall–Kier alpha value is -3.92. The predicted octanol–water partition coefficient (Wildman–Crippen LogP) is 10.7. The van der Waals surface area contributed by atoms with Crippen molar-refractivity contribution in [2.75, 3.05) is 5.73 Å². The Balaban J connectivity index is 0.00000214. The monoisotopic (exact) mass is 647 g/mol. The van der Waals surface area contributed by atoms with Gasteiger partial charge in [0.2, 0.25) is 0 Å². The fourth-order valence-corrected chi connectivity index (χ4v) is 4.39. The molecule has 0 fully saturated rings. The number of rotatable bonds is 8. The van der Waals surface area contributed by atoms with Crippen molar-refractivity contribution in [1.82, 2.24) is 0 Å². The van der Waals surface area contributed by atoms with E-state index in [4.69, 9.17) is 11.0 Å². The molecule has 0 spiro atoms. The van der Waals surface area contributed by atoms with Crippen LogP contribution in [-0.2, 0) is 19.5 Å². The molecule has 0 amide bonds. The van der Waals surface area contributed by atoms with Gasteiger partial charge >= 0.3 is 0 Å². The van der Waals surface area contributed by atoms with Gasteiger partial charge in [0.1, 0.15) is 16.3 Å². The van der Waals surface area contributed by atoms with E-state index in [9.17, 15) is 18.1 Å². The molecule has 0 atom stereocenters. The van der Waals surface area contributed by atoms with Gasteiger partial charge in [-0.3, -0.25) is 4.55 Å². The molecule has 0 saturated heterocycles. The normalized spacial score (nSPS) is 10.5. The summed E-state index contributed by atoms with van der Waals surface area (Å²) in [7, 11) is -4.81. The summed E-state index contributed by atoms with van der Waals surface area (Å²) in [4.78, 5) is -0.561. The van der Waals surface area contributed by atoms with Crippen LogP contribution in [0.3, 0.4) is 0 Å². The molecule has 0 aliphatic heterocycles. The first-order chi connectivity index (χ1) is 21.3. The average Bonchev–Trinajstić information content (AvgIpc) is 3.07. The largest absolute Gasteiger partial charge is 0.505 e. The molecule has 0 radical (unpaired) electrons. The Kier molecular flexibility index (Phi) is 19.8. The van der Waals surface area contributed by atoms with Gasteiger partial charge in [-0.15, -0.1) is 14.6 Å². The van der Waals surface area contributed by atoms with Gasteiger partial charge in [-0.1, -0.05) is 96.8 Å². The van der Waals surface area contributed by atoms with Crippen molar-refractivity contribution in [1.29, 1.82) is 0 Å². The number of azo groups is 2. The van der Waals surface area contributed by atoms with Crippen molar-refractivity contribution < 1.29 is 32.7 Å². The molecule has 0 aromatic heterocycles. The van der Waals surface area contributed by atoms with Crippen LogP contribution in [0.15, 0.2) is 103 Å². The van der Waals surface area contributed by atoms with Crippen molar-refractivity contribution in [2.24, 2.45) is 20.5 Å². The summed E-state index contributed by atoms with van der Waals surface area (Å²) in [6.07, 6.45) is 0. The lowest BCUT2D eigenvalue weighted by Gasteiger charge is -2.14. The molecule has 0 aliphatic carbocycles. The number of hydrogen-bond acceptors (Lipinski definition) is 12. The number of anilines is 1. The molecule has 12 nitrogen and oxygen atoms in total. The summed E-state index contributed by atoms with van der Waals surface area (Å²) < 4.78 is 38.6. The maximum absolute atomic E-state index is 12.1. The SMILES string of the molecule is CC.CC.CC.CC.Nc1c(N=Nc2ccccc2)c(S(=O)(=O)O)cc2cc(SOOO)c(N=Nc3ccccc3)c(O)c12. The van der Waals surface area contributed by atoms with E-state index in [1.54, 1.807) is 60.7 Å². The third-order valence-corrected chi connectivity index (χ3v) is 6.28. The highest BCUT2D eigenvalue weighted by Gasteiger charge is 2.25. The van der Waals surface area contributed by atoms with E-state index >= 15 is 0 Å². The van der Waals surface area contributed by atoms with E-state index in [1.165, 1.54) is 6.07 Å². The fraction of sp³-hybridized carbons (Fsp3) is 0.267. The standard InChI is InChI=1S/C22H17N5O7S2.4C2H6/c23-19-18-13(12-17(36(30,31)32)21(19)27-25-15-9-5-2-6-10-15)11-16(35-34-33-29)20(22(18)28)26-24-14-7-3-1-4-8-14;4*1-2/h1-12,28-29H,23H2,(H,30,31,32);4*1-2H3. The second-order valence-corrected chi connectivity index (χ2v) is 9.21. The summed E-state index contributed by atoms with van der Waals surface area (Å²) in [5.41, 5.74) is 6.32. The summed E-state index contributed by atoms with van der Waals surface area (Å²) >= 11 is 0.461. The lowest BCUT2D eigenvalue weighted by Crippen LogP contribution is -2.02. The summed E-state index contributed by atoms with van der Waals surface area (Å²) in [6, 6.07) is 19.5. The zero-order valence-electron chi connectivity index (χ0n) is 26.1. The molecule has 240 valence electrons. The van der Waals surface area contributed by atoms with Gasteiger partial charge in [0.15, 0.2) is 5.75 Å². The number of fused-ring (bicyclic) bond motifs is 1. The molecule has 0 bridgehead atoms. The number of hydrogen-bond donors (Lipinski definition) is 4. The molecule has 14 heteroatoms. The zero-order valence-corrected chi connectivity index (χ0v) is 27.7. The minimum absolute atomic E-state index is 0.0271. The third-order valence-electron chi connectivity index (χ3n) is 4.79. The minimum Gasteiger partial charge on any atom is -0.505 e. The third kappa shape index (κ3) is 11.3. The number of benzene rings is 4. The quantitative estimate of drug-likeness (QED) is 0.0360. The van der Waals surface area contributed by atoms with Crippen molar-refractivity contribution in [3.05, 3.63) is 72.8 Å². The fourth-order valence-electron chi connectivity index (χ4n) is 3.23. The van der Waals surface area contributed by atoms with Crippen molar-refractivity contribution in [2.45, 2.75) is 65.2 Å². The Bertz CT molecular complexity index is 1570. The smallest absolute Gasteiger partial charge is 0.296 e. The average molecular weight is 648 g/mol. The molecule has 44 heavy (non-hydrogen) atoms. The number of nitrogens with zero attached hydrogens (tertiary/aromatic N) is 4. The lowest BCUT2D eigenvalue weighted by molar-refractivity contribution is -0.432. The molecule has 4 aromatic carbocycles. The van der Waals surface area contributed by atoms with Crippen LogP contribution < -0.4 is 5.73 Å². The van der Waals surface area contributed by atoms with E-state index in [2.05, 4.69) is 29.8 Å². The molecular formula is C30H41N5O7S2. The highest BCUT2D eigenvalue weighted by Crippen LogP contribution is 2.49. The number of nitrogen functional groups attached to an aromatic ring is 1. The topological polar surface area (TPSA) is 189 Å². The van der Waals surface area contributed by atoms with Crippen LogP contribution >= 0.6 is 12.0 Å². The molecule has 5 N–H and O–H groups in total. The maximum atomic E-state index is 12.1. The summed E-state index contributed by atoms with van der Waals surface area (Å²) in [6.45, 7) is 16.0. The van der Waals surface area contributed by atoms with Crippen LogP contribution in [0.1, 0.15) is 55.4 Å². The van der Waals surface area contributed by atoms with E-state index in [0.29, 0.717) is 23.4 Å². The Morgan fingerprint density at radius 1 is 0.727 bits per heavy atom. The van der Waals surface area contributed by atoms with E-state index in [1.807, 2.05) is 55.4 Å². The lowest BCUT2D eigenvalue weighted by atomic mass is 10.1. The van der Waals surface area contributed by atoms with Crippen LogP contribution in [0.4, 0.5) is 28.4 Å². The minimum atomic E-state index is -4.81. The Labute approximate surface area is 263 Å². The van der Waals surface area contributed by atoms with E-state index in [0.717, 1.165) is 6.07 Å². The summed E-state index contributed by atoms with van der Waals surface area (Å²) in [5, 5.41) is 39.4. The van der Waals surface area contributed by atoms with Crippen molar-refractivity contribution in [3.8, 4) is 5.75 Å². The molecule has 0 saturated carbocycles.